The summed E-state index contributed by atoms with van der Waals surface area (Å²) in [6.45, 7) is 0.829. The minimum atomic E-state index is -4.52. The Morgan fingerprint density at radius 3 is 2.30 bits per heavy atom. The maximum atomic E-state index is 13.9. The molecule has 5 nitrogen and oxygen atoms in total. The van der Waals surface area contributed by atoms with Crippen LogP contribution in [0.25, 0.3) is 22.2 Å². The maximum Gasteiger partial charge on any atom is 0.418 e. The Balaban J connectivity index is 1.32. The molecule has 0 saturated heterocycles. The molecule has 0 radical (unpaired) electrons. The number of carboxylic acids is 1. The minimum absolute atomic E-state index is 0.0748. The topological polar surface area (TPSA) is 67.2 Å². The van der Waals surface area contributed by atoms with Gasteiger partial charge >= 0.3 is 12.1 Å². The molecule has 6 rings (SSSR count). The van der Waals surface area contributed by atoms with Gasteiger partial charge in [-0.2, -0.15) is 18.3 Å². The zero-order valence-corrected chi connectivity index (χ0v) is 21.4. The quantitative estimate of drug-likeness (QED) is 0.214. The van der Waals surface area contributed by atoms with Crippen molar-refractivity contribution in [2.24, 2.45) is 0 Å². The molecule has 1 saturated carbocycles. The number of halogens is 3. The van der Waals surface area contributed by atoms with Gasteiger partial charge in [0.15, 0.2) is 0 Å². The summed E-state index contributed by atoms with van der Waals surface area (Å²) >= 11 is 0. The van der Waals surface area contributed by atoms with Gasteiger partial charge < -0.3 is 10.4 Å². The number of aliphatic carboxylic acids is 1. The Bertz CT molecular complexity index is 1690. The largest absolute Gasteiger partial charge is 0.481 e. The van der Waals surface area contributed by atoms with Crippen molar-refractivity contribution in [3.8, 4) is 11.3 Å². The maximum absolute atomic E-state index is 13.9. The molecular weight excluding hydrogens is 515 g/mol. The molecule has 1 fully saturated rings. The van der Waals surface area contributed by atoms with Crippen LogP contribution in [0.5, 0.6) is 0 Å². The van der Waals surface area contributed by atoms with E-state index in [2.05, 4.69) is 10.4 Å². The molecule has 0 unspecified atom stereocenters. The van der Waals surface area contributed by atoms with E-state index in [1.165, 1.54) is 6.07 Å². The van der Waals surface area contributed by atoms with Crippen molar-refractivity contribution in [2.45, 2.75) is 37.5 Å². The van der Waals surface area contributed by atoms with Crippen LogP contribution in [0.3, 0.4) is 0 Å². The van der Waals surface area contributed by atoms with Crippen LogP contribution < -0.4 is 5.32 Å². The van der Waals surface area contributed by atoms with E-state index in [1.54, 1.807) is 10.7 Å². The summed E-state index contributed by atoms with van der Waals surface area (Å²) in [7, 11) is 0. The number of nitrogens with one attached hydrogen (secondary N) is 1. The van der Waals surface area contributed by atoms with Gasteiger partial charge in [-0.15, -0.1) is 0 Å². The van der Waals surface area contributed by atoms with E-state index in [-0.39, 0.29) is 5.52 Å². The number of hydrogen-bond donors (Lipinski definition) is 2. The van der Waals surface area contributed by atoms with Gasteiger partial charge in [-0.05, 0) is 47.7 Å². The zero-order chi connectivity index (χ0) is 27.9. The van der Waals surface area contributed by atoms with Crippen LogP contribution in [-0.2, 0) is 29.5 Å². The summed E-state index contributed by atoms with van der Waals surface area (Å²) in [4.78, 5) is 11.6. The summed E-state index contributed by atoms with van der Waals surface area (Å²) in [5, 5.41) is 17.8. The molecule has 1 heterocycles. The highest BCUT2D eigenvalue weighted by atomic mass is 19.4. The predicted molar refractivity (Wildman–Crippen MR) is 148 cm³/mol. The van der Waals surface area contributed by atoms with Gasteiger partial charge in [-0.1, -0.05) is 78.9 Å². The van der Waals surface area contributed by atoms with E-state index in [0.29, 0.717) is 37.0 Å². The van der Waals surface area contributed by atoms with E-state index < -0.39 is 23.1 Å². The Kier molecular flexibility index (Phi) is 6.33. The molecule has 0 spiro atoms. The smallest absolute Gasteiger partial charge is 0.418 e. The second-order valence-electron chi connectivity index (χ2n) is 10.2. The highest BCUT2D eigenvalue weighted by molar-refractivity contribution is 5.96. The second-order valence-corrected chi connectivity index (χ2v) is 10.2. The molecule has 4 aromatic carbocycles. The normalized spacial score (nSPS) is 14.3. The van der Waals surface area contributed by atoms with Crippen LogP contribution in [0, 0.1) is 0 Å². The Labute approximate surface area is 228 Å². The number of carboxylic acid groups (broad SMARTS) is 1. The van der Waals surface area contributed by atoms with Crippen LogP contribution in [-0.4, -0.2) is 20.9 Å². The molecular formula is C32H26F3N3O2. The summed E-state index contributed by atoms with van der Waals surface area (Å²) in [5.74, 6) is -0.781. The Morgan fingerprint density at radius 2 is 1.62 bits per heavy atom. The average molecular weight is 542 g/mol. The van der Waals surface area contributed by atoms with Crippen molar-refractivity contribution in [3.63, 3.8) is 0 Å². The number of carbonyl (C=O) groups is 1. The van der Waals surface area contributed by atoms with Crippen molar-refractivity contribution in [2.75, 3.05) is 5.32 Å². The lowest BCUT2D eigenvalue weighted by Crippen LogP contribution is -2.19. The van der Waals surface area contributed by atoms with Crippen LogP contribution in [0.2, 0.25) is 0 Å². The standard InChI is InChI=1S/C32H26F3N3O2/c33-32(34,35)27-11-5-10-26-28(27)37-38(20-22-6-2-1-3-7-22)29(26)23-8-4-9-25(18-23)36-19-21-12-14-24(15-13-21)31(16-17-31)30(39)40/h1-15,18,36H,16-17,19-20H2,(H,39,40). The first kappa shape index (κ1) is 25.7. The second kappa shape index (κ2) is 9.86. The van der Waals surface area contributed by atoms with E-state index in [0.717, 1.165) is 34.0 Å². The van der Waals surface area contributed by atoms with Gasteiger partial charge in [-0.3, -0.25) is 9.48 Å². The molecule has 0 amide bonds. The first-order chi connectivity index (χ1) is 19.2. The van der Waals surface area contributed by atoms with Crippen molar-refractivity contribution < 1.29 is 23.1 Å². The third-order valence-corrected chi connectivity index (χ3v) is 7.55. The zero-order valence-electron chi connectivity index (χ0n) is 21.4. The molecule has 8 heteroatoms. The summed E-state index contributed by atoms with van der Waals surface area (Å²) in [6, 6.07) is 28.9. The van der Waals surface area contributed by atoms with E-state index >= 15 is 0 Å². The monoisotopic (exact) mass is 541 g/mol. The van der Waals surface area contributed by atoms with Gasteiger partial charge in [0.05, 0.1) is 23.2 Å². The fraction of sp³-hybridized carbons (Fsp3) is 0.188. The van der Waals surface area contributed by atoms with Crippen LogP contribution >= 0.6 is 0 Å². The fourth-order valence-corrected chi connectivity index (χ4v) is 5.23. The van der Waals surface area contributed by atoms with Crippen LogP contribution in [0.15, 0.2) is 97.1 Å². The number of fused-ring (bicyclic) bond motifs is 1. The number of nitrogens with zero attached hydrogens (tertiary/aromatic N) is 2. The molecule has 0 aliphatic heterocycles. The number of aromatic nitrogens is 2. The summed E-state index contributed by atoms with van der Waals surface area (Å²) < 4.78 is 43.2. The molecule has 1 aliphatic rings. The number of alkyl halides is 3. The number of rotatable bonds is 8. The van der Waals surface area contributed by atoms with Gasteiger partial charge in [0, 0.05) is 23.2 Å². The van der Waals surface area contributed by atoms with Crippen molar-refractivity contribution in [3.05, 3.63) is 119 Å². The lowest BCUT2D eigenvalue weighted by Gasteiger charge is -2.13. The first-order valence-electron chi connectivity index (χ1n) is 13.0. The lowest BCUT2D eigenvalue weighted by atomic mass is 9.95. The van der Waals surface area contributed by atoms with Gasteiger partial charge in [-0.25, -0.2) is 0 Å². The molecule has 202 valence electrons. The molecule has 0 atom stereocenters. The number of hydrogen-bond acceptors (Lipinski definition) is 3. The SMILES string of the molecule is O=C(O)C1(c2ccc(CNc3cccc(-c4c5cccc(C(F)(F)F)c5nn4Cc4ccccc4)c3)cc2)CC1. The highest BCUT2D eigenvalue weighted by Gasteiger charge is 2.51. The molecule has 2 N–H and O–H groups in total. The van der Waals surface area contributed by atoms with E-state index in [9.17, 15) is 23.1 Å². The van der Waals surface area contributed by atoms with Crippen molar-refractivity contribution in [1.29, 1.82) is 0 Å². The van der Waals surface area contributed by atoms with Crippen molar-refractivity contribution in [1.82, 2.24) is 9.78 Å². The first-order valence-corrected chi connectivity index (χ1v) is 13.0. The van der Waals surface area contributed by atoms with E-state index in [4.69, 9.17) is 0 Å². The third kappa shape index (κ3) is 4.81. The molecule has 5 aromatic rings. The van der Waals surface area contributed by atoms with Gasteiger partial charge in [0.25, 0.3) is 0 Å². The van der Waals surface area contributed by atoms with E-state index in [1.807, 2.05) is 78.9 Å². The highest BCUT2D eigenvalue weighted by Crippen LogP contribution is 2.48. The van der Waals surface area contributed by atoms with Gasteiger partial charge in [0.1, 0.15) is 5.52 Å². The molecule has 1 aliphatic carbocycles. The fourth-order valence-electron chi connectivity index (χ4n) is 5.23. The minimum Gasteiger partial charge on any atom is -0.481 e. The third-order valence-electron chi connectivity index (χ3n) is 7.55. The number of anilines is 1. The van der Waals surface area contributed by atoms with Crippen molar-refractivity contribution >= 4 is 22.6 Å². The molecule has 40 heavy (non-hydrogen) atoms. The number of benzene rings is 4. The van der Waals surface area contributed by atoms with Crippen LogP contribution in [0.4, 0.5) is 18.9 Å². The summed E-state index contributed by atoms with van der Waals surface area (Å²) in [5.41, 5.74) is 3.33. The Hall–Kier alpha value is -4.59. The molecule has 0 bridgehead atoms. The van der Waals surface area contributed by atoms with Gasteiger partial charge in [0.2, 0.25) is 0 Å². The molecule has 1 aromatic heterocycles. The average Bonchev–Trinajstić information content (AvgIpc) is 3.68. The van der Waals surface area contributed by atoms with Crippen LogP contribution in [0.1, 0.15) is 35.1 Å². The predicted octanol–water partition coefficient (Wildman–Crippen LogP) is 7.50. The lowest BCUT2D eigenvalue weighted by molar-refractivity contribution is -0.140. The Morgan fingerprint density at radius 1 is 0.900 bits per heavy atom. The summed E-state index contributed by atoms with van der Waals surface area (Å²) in [6.07, 6.45) is -3.20.